The van der Waals surface area contributed by atoms with E-state index in [4.69, 9.17) is 10.5 Å². The van der Waals surface area contributed by atoms with Gasteiger partial charge in [-0.05, 0) is 43.4 Å². The summed E-state index contributed by atoms with van der Waals surface area (Å²) < 4.78 is 4.99. The van der Waals surface area contributed by atoms with Gasteiger partial charge in [-0.2, -0.15) is 0 Å². The molecule has 1 aromatic rings. The van der Waals surface area contributed by atoms with Crippen molar-refractivity contribution in [3.63, 3.8) is 0 Å². The van der Waals surface area contributed by atoms with Gasteiger partial charge in [0.2, 0.25) is 0 Å². The Balaban J connectivity index is 2.00. The van der Waals surface area contributed by atoms with Crippen molar-refractivity contribution < 1.29 is 14.6 Å². The molecule has 0 bridgehead atoms. The van der Waals surface area contributed by atoms with E-state index < -0.39 is 0 Å². The number of ether oxygens (including phenoxy) is 1. The van der Waals surface area contributed by atoms with Crippen LogP contribution < -0.4 is 15.8 Å². The fraction of sp³-hybridized carbons (Fsp3) is 0.500. The molecule has 104 valence electrons. The standard InChI is InChI=1S/C14H20N2O3/c1-19-11-4-2-3-10(12(11)17)13(18)16-9-14(5-6-14)7-8-15/h2-4,17H,5-9,15H2,1H3,(H,16,18). The van der Waals surface area contributed by atoms with Gasteiger partial charge in [0.15, 0.2) is 11.5 Å². The molecular weight excluding hydrogens is 244 g/mol. The largest absolute Gasteiger partial charge is 0.504 e. The van der Waals surface area contributed by atoms with E-state index in [9.17, 15) is 9.90 Å². The van der Waals surface area contributed by atoms with Crippen LogP contribution in [0.1, 0.15) is 29.6 Å². The number of carbonyl (C=O) groups excluding carboxylic acids is 1. The van der Waals surface area contributed by atoms with E-state index in [-0.39, 0.29) is 22.6 Å². The van der Waals surface area contributed by atoms with E-state index in [1.54, 1.807) is 18.2 Å². The van der Waals surface area contributed by atoms with Crippen LogP contribution in [0.3, 0.4) is 0 Å². The Morgan fingerprint density at radius 3 is 2.84 bits per heavy atom. The Kier molecular flexibility index (Phi) is 3.95. The van der Waals surface area contributed by atoms with Gasteiger partial charge in [0, 0.05) is 6.54 Å². The van der Waals surface area contributed by atoms with Crippen LogP contribution in [0.2, 0.25) is 0 Å². The van der Waals surface area contributed by atoms with Crippen LogP contribution in [0.25, 0.3) is 0 Å². The minimum absolute atomic E-state index is 0.119. The van der Waals surface area contributed by atoms with Crippen LogP contribution in [0, 0.1) is 5.41 Å². The lowest BCUT2D eigenvalue weighted by Crippen LogP contribution is -2.31. The normalized spacial score (nSPS) is 15.9. The van der Waals surface area contributed by atoms with Crippen LogP contribution in [-0.2, 0) is 0 Å². The first-order valence-corrected chi connectivity index (χ1v) is 6.46. The lowest BCUT2D eigenvalue weighted by Gasteiger charge is -2.15. The SMILES string of the molecule is COc1cccc(C(=O)NCC2(CCN)CC2)c1O. The Morgan fingerprint density at radius 1 is 1.53 bits per heavy atom. The second kappa shape index (κ2) is 5.48. The van der Waals surface area contributed by atoms with Gasteiger partial charge in [-0.15, -0.1) is 0 Å². The molecule has 5 nitrogen and oxygen atoms in total. The molecule has 0 spiro atoms. The highest BCUT2D eigenvalue weighted by Crippen LogP contribution is 2.47. The van der Waals surface area contributed by atoms with Crippen LogP contribution in [0.5, 0.6) is 11.5 Å². The number of benzene rings is 1. The number of rotatable bonds is 6. The highest BCUT2D eigenvalue weighted by molar-refractivity contribution is 5.97. The maximum Gasteiger partial charge on any atom is 0.255 e. The lowest BCUT2D eigenvalue weighted by atomic mass is 10.0. The zero-order valence-electron chi connectivity index (χ0n) is 11.1. The maximum absolute atomic E-state index is 12.1. The van der Waals surface area contributed by atoms with E-state index in [0.717, 1.165) is 19.3 Å². The number of nitrogens with two attached hydrogens (primary N) is 1. The number of carbonyl (C=O) groups is 1. The predicted octanol–water partition coefficient (Wildman–Crippen LogP) is 1.26. The number of nitrogens with one attached hydrogen (secondary N) is 1. The summed E-state index contributed by atoms with van der Waals surface area (Å²) in [6, 6.07) is 4.87. The fourth-order valence-electron chi connectivity index (χ4n) is 2.23. The van der Waals surface area contributed by atoms with E-state index >= 15 is 0 Å². The average molecular weight is 264 g/mol. The summed E-state index contributed by atoms with van der Waals surface area (Å²) in [6.45, 7) is 1.25. The smallest absolute Gasteiger partial charge is 0.255 e. The molecule has 0 radical (unpaired) electrons. The second-order valence-corrected chi connectivity index (χ2v) is 5.08. The summed E-state index contributed by atoms with van der Waals surface area (Å²) in [4.78, 5) is 12.1. The van der Waals surface area contributed by atoms with Crippen LogP contribution >= 0.6 is 0 Å². The number of hydrogen-bond donors (Lipinski definition) is 3. The summed E-state index contributed by atoms with van der Waals surface area (Å²) in [5, 5.41) is 12.8. The van der Waals surface area contributed by atoms with E-state index in [2.05, 4.69) is 5.32 Å². The number of para-hydroxylation sites is 1. The molecule has 0 unspecified atom stereocenters. The molecule has 4 N–H and O–H groups in total. The first kappa shape index (κ1) is 13.7. The molecule has 1 aromatic carbocycles. The first-order chi connectivity index (χ1) is 9.12. The van der Waals surface area contributed by atoms with Gasteiger partial charge >= 0.3 is 0 Å². The van der Waals surface area contributed by atoms with Gasteiger partial charge in [0.25, 0.3) is 5.91 Å². The molecule has 1 saturated carbocycles. The van der Waals surface area contributed by atoms with Crippen LogP contribution in [0.4, 0.5) is 0 Å². The van der Waals surface area contributed by atoms with Gasteiger partial charge in [-0.1, -0.05) is 6.07 Å². The topological polar surface area (TPSA) is 84.6 Å². The Hall–Kier alpha value is -1.75. The lowest BCUT2D eigenvalue weighted by molar-refractivity contribution is 0.0940. The summed E-state index contributed by atoms with van der Waals surface area (Å²) in [7, 11) is 1.46. The summed E-state index contributed by atoms with van der Waals surface area (Å²) >= 11 is 0. The van der Waals surface area contributed by atoms with Crippen molar-refractivity contribution in [1.29, 1.82) is 0 Å². The number of hydrogen-bond acceptors (Lipinski definition) is 4. The van der Waals surface area contributed by atoms with Crippen molar-refractivity contribution in [2.45, 2.75) is 19.3 Å². The summed E-state index contributed by atoms with van der Waals surface area (Å²) in [6.07, 6.45) is 3.14. The Bertz CT molecular complexity index is 470. The first-order valence-electron chi connectivity index (χ1n) is 6.46. The third-order valence-corrected chi connectivity index (χ3v) is 3.72. The molecule has 0 aliphatic heterocycles. The minimum atomic E-state index is -0.278. The van der Waals surface area contributed by atoms with E-state index in [1.807, 2.05) is 0 Å². The molecule has 5 heteroatoms. The number of phenols is 1. The number of phenolic OH excluding ortho intramolecular Hbond substituents is 1. The molecular formula is C14H20N2O3. The van der Waals surface area contributed by atoms with E-state index in [0.29, 0.717) is 18.8 Å². The highest BCUT2D eigenvalue weighted by atomic mass is 16.5. The van der Waals surface area contributed by atoms with Crippen molar-refractivity contribution in [3.8, 4) is 11.5 Å². The molecule has 19 heavy (non-hydrogen) atoms. The van der Waals surface area contributed by atoms with Crippen molar-refractivity contribution in [1.82, 2.24) is 5.32 Å². The monoisotopic (exact) mass is 264 g/mol. The summed E-state index contributed by atoms with van der Waals surface area (Å²) in [5.74, 6) is -0.0957. The molecule has 0 atom stereocenters. The molecule has 0 heterocycles. The van der Waals surface area contributed by atoms with Crippen LogP contribution in [-0.4, -0.2) is 31.2 Å². The third-order valence-electron chi connectivity index (χ3n) is 3.72. The van der Waals surface area contributed by atoms with Gasteiger partial charge in [-0.25, -0.2) is 0 Å². The zero-order valence-corrected chi connectivity index (χ0v) is 11.1. The number of aromatic hydroxyl groups is 1. The Labute approximate surface area is 112 Å². The highest BCUT2D eigenvalue weighted by Gasteiger charge is 2.41. The summed E-state index contributed by atoms with van der Waals surface area (Å²) in [5.41, 5.74) is 5.98. The fourth-order valence-corrected chi connectivity index (χ4v) is 2.23. The quantitative estimate of drug-likeness (QED) is 0.722. The van der Waals surface area contributed by atoms with Gasteiger partial charge < -0.3 is 20.9 Å². The molecule has 0 saturated heterocycles. The average Bonchev–Trinajstić information content (AvgIpc) is 3.17. The molecule has 1 fully saturated rings. The van der Waals surface area contributed by atoms with Crippen molar-refractivity contribution in [2.24, 2.45) is 11.1 Å². The van der Waals surface area contributed by atoms with Gasteiger partial charge in [-0.3, -0.25) is 4.79 Å². The number of methoxy groups -OCH3 is 1. The zero-order chi connectivity index (χ0) is 13.9. The van der Waals surface area contributed by atoms with Crippen molar-refractivity contribution in [3.05, 3.63) is 23.8 Å². The third kappa shape index (κ3) is 2.98. The molecule has 1 aliphatic rings. The molecule has 1 amide bonds. The van der Waals surface area contributed by atoms with Gasteiger partial charge in [0.1, 0.15) is 0 Å². The molecule has 0 aromatic heterocycles. The Morgan fingerprint density at radius 2 is 2.26 bits per heavy atom. The molecule has 2 rings (SSSR count). The maximum atomic E-state index is 12.1. The number of amides is 1. The van der Waals surface area contributed by atoms with Gasteiger partial charge in [0.05, 0.1) is 12.7 Å². The molecule has 1 aliphatic carbocycles. The van der Waals surface area contributed by atoms with E-state index in [1.165, 1.54) is 7.11 Å². The predicted molar refractivity (Wildman–Crippen MR) is 72.3 cm³/mol. The minimum Gasteiger partial charge on any atom is -0.504 e. The second-order valence-electron chi connectivity index (χ2n) is 5.08. The van der Waals surface area contributed by atoms with Crippen molar-refractivity contribution in [2.75, 3.05) is 20.2 Å². The van der Waals surface area contributed by atoms with Crippen LogP contribution in [0.15, 0.2) is 18.2 Å². The van der Waals surface area contributed by atoms with Crippen molar-refractivity contribution >= 4 is 5.91 Å².